The molecule has 0 fully saturated rings. The molecule has 0 aliphatic rings. The number of nitrogens with zero attached hydrogens (tertiary/aromatic N) is 1. The molecule has 1 aromatic heterocycles. The highest BCUT2D eigenvalue weighted by molar-refractivity contribution is 6.35. The first-order valence-electron chi connectivity index (χ1n) is 8.51. The Hall–Kier alpha value is -3.00. The number of hydrogen-bond donors (Lipinski definition) is 1. The number of halogens is 2. The van der Waals surface area contributed by atoms with E-state index in [2.05, 4.69) is 5.32 Å². The molecule has 1 amide bonds. The first kappa shape index (κ1) is 19.8. The van der Waals surface area contributed by atoms with E-state index in [1.165, 1.54) is 6.08 Å². The third kappa shape index (κ3) is 4.64. The molecule has 3 rings (SSSR count). The second kappa shape index (κ2) is 8.79. The van der Waals surface area contributed by atoms with Gasteiger partial charge in [-0.05, 0) is 42.8 Å². The second-order valence-corrected chi connectivity index (χ2v) is 6.95. The first-order chi connectivity index (χ1) is 13.5. The second-order valence-electron chi connectivity index (χ2n) is 6.10. The highest BCUT2D eigenvalue weighted by Crippen LogP contribution is 2.32. The molecule has 1 heterocycles. The molecule has 1 unspecified atom stereocenters. The van der Waals surface area contributed by atoms with Gasteiger partial charge < -0.3 is 9.73 Å². The molecule has 140 valence electrons. The molecular weight excluding hydrogens is 395 g/mol. The lowest BCUT2D eigenvalue weighted by Crippen LogP contribution is -2.27. The molecule has 2 aromatic carbocycles. The first-order valence-corrected chi connectivity index (χ1v) is 9.26. The fourth-order valence-corrected chi connectivity index (χ4v) is 3.03. The van der Waals surface area contributed by atoms with Crippen LogP contribution in [0, 0.1) is 11.3 Å². The molecule has 6 heteroatoms. The Labute approximate surface area is 173 Å². The van der Waals surface area contributed by atoms with E-state index in [1.807, 2.05) is 43.3 Å². The highest BCUT2D eigenvalue weighted by atomic mass is 35.5. The van der Waals surface area contributed by atoms with E-state index in [1.54, 1.807) is 30.3 Å². The van der Waals surface area contributed by atoms with E-state index < -0.39 is 5.91 Å². The zero-order valence-corrected chi connectivity index (χ0v) is 16.5. The summed E-state index contributed by atoms with van der Waals surface area (Å²) < 4.78 is 5.73. The lowest BCUT2D eigenvalue weighted by molar-refractivity contribution is -0.117. The standard InChI is InChI=1S/C22H16Cl2N2O2/c1-14(15-5-3-2-4-6-15)26-22(27)16(13-25)11-18-8-10-21(28-18)19-12-17(23)7-9-20(19)24/h2-12,14H,1H3,(H,26,27)/b16-11+. The van der Waals surface area contributed by atoms with Crippen molar-refractivity contribution in [3.8, 4) is 17.4 Å². The lowest BCUT2D eigenvalue weighted by Gasteiger charge is -2.13. The molecule has 3 aromatic rings. The van der Waals surface area contributed by atoms with Crippen molar-refractivity contribution in [2.24, 2.45) is 0 Å². The lowest BCUT2D eigenvalue weighted by atomic mass is 10.1. The molecule has 1 N–H and O–H groups in total. The summed E-state index contributed by atoms with van der Waals surface area (Å²) in [5.74, 6) is 0.386. The SMILES string of the molecule is CC(NC(=O)/C(C#N)=C/c1ccc(-c2cc(Cl)ccc2Cl)o1)c1ccccc1. The normalized spacial score (nSPS) is 12.3. The maximum Gasteiger partial charge on any atom is 0.262 e. The van der Waals surface area contributed by atoms with Crippen molar-refractivity contribution in [3.63, 3.8) is 0 Å². The number of benzene rings is 2. The third-order valence-electron chi connectivity index (χ3n) is 4.12. The summed E-state index contributed by atoms with van der Waals surface area (Å²) in [5.41, 5.74) is 1.53. The van der Waals surface area contributed by atoms with Crippen LogP contribution in [0.25, 0.3) is 17.4 Å². The third-order valence-corrected chi connectivity index (χ3v) is 4.68. The maximum atomic E-state index is 12.5. The van der Waals surface area contributed by atoms with Crippen LogP contribution in [-0.4, -0.2) is 5.91 Å². The number of carbonyl (C=O) groups excluding carboxylic acids is 1. The van der Waals surface area contributed by atoms with Gasteiger partial charge in [0.05, 0.1) is 11.1 Å². The zero-order valence-electron chi connectivity index (χ0n) is 14.9. The molecule has 0 radical (unpaired) electrons. The molecular formula is C22H16Cl2N2O2. The Morgan fingerprint density at radius 3 is 2.61 bits per heavy atom. The van der Waals surface area contributed by atoms with Gasteiger partial charge in [-0.1, -0.05) is 53.5 Å². The highest BCUT2D eigenvalue weighted by Gasteiger charge is 2.15. The average molecular weight is 411 g/mol. The van der Waals surface area contributed by atoms with Crippen LogP contribution in [0.4, 0.5) is 0 Å². The smallest absolute Gasteiger partial charge is 0.262 e. The minimum Gasteiger partial charge on any atom is -0.457 e. The van der Waals surface area contributed by atoms with Crippen molar-refractivity contribution in [1.82, 2.24) is 5.32 Å². The van der Waals surface area contributed by atoms with Gasteiger partial charge in [-0.15, -0.1) is 0 Å². The Kier molecular flexibility index (Phi) is 6.20. The predicted molar refractivity (Wildman–Crippen MR) is 111 cm³/mol. The van der Waals surface area contributed by atoms with E-state index >= 15 is 0 Å². The summed E-state index contributed by atoms with van der Waals surface area (Å²) in [6, 6.07) is 19.6. The fraction of sp³-hybridized carbons (Fsp3) is 0.0909. The number of furan rings is 1. The van der Waals surface area contributed by atoms with Gasteiger partial charge in [0.25, 0.3) is 5.91 Å². The maximum absolute atomic E-state index is 12.5. The van der Waals surface area contributed by atoms with E-state index in [9.17, 15) is 10.1 Å². The van der Waals surface area contributed by atoms with Gasteiger partial charge in [0.2, 0.25) is 0 Å². The molecule has 0 aliphatic carbocycles. The molecule has 4 nitrogen and oxygen atoms in total. The Morgan fingerprint density at radius 2 is 1.89 bits per heavy atom. The molecule has 0 aliphatic heterocycles. The number of carbonyl (C=O) groups is 1. The van der Waals surface area contributed by atoms with E-state index in [4.69, 9.17) is 27.6 Å². The summed E-state index contributed by atoms with van der Waals surface area (Å²) in [7, 11) is 0. The summed E-state index contributed by atoms with van der Waals surface area (Å²) in [6.07, 6.45) is 1.40. The number of hydrogen-bond acceptors (Lipinski definition) is 3. The Bertz CT molecular complexity index is 1070. The zero-order chi connectivity index (χ0) is 20.1. The van der Waals surface area contributed by atoms with Gasteiger partial charge in [0.15, 0.2) is 0 Å². The van der Waals surface area contributed by atoms with E-state index in [0.717, 1.165) is 5.56 Å². The van der Waals surface area contributed by atoms with Gasteiger partial charge in [-0.25, -0.2) is 0 Å². The van der Waals surface area contributed by atoms with E-state index in [0.29, 0.717) is 27.1 Å². The van der Waals surface area contributed by atoms with Crippen LogP contribution in [0.1, 0.15) is 24.3 Å². The van der Waals surface area contributed by atoms with Crippen LogP contribution < -0.4 is 5.32 Å². The van der Waals surface area contributed by atoms with Gasteiger partial charge in [-0.3, -0.25) is 4.79 Å². The van der Waals surface area contributed by atoms with Gasteiger partial charge in [0, 0.05) is 16.7 Å². The molecule has 0 saturated carbocycles. The van der Waals surface area contributed by atoms with Crippen LogP contribution in [0.2, 0.25) is 10.0 Å². The molecule has 0 saturated heterocycles. The fourth-order valence-electron chi connectivity index (χ4n) is 2.65. The van der Waals surface area contributed by atoms with Crippen LogP contribution in [0.3, 0.4) is 0 Å². The van der Waals surface area contributed by atoms with Crippen LogP contribution >= 0.6 is 23.2 Å². The monoisotopic (exact) mass is 410 g/mol. The van der Waals surface area contributed by atoms with Gasteiger partial charge in [0.1, 0.15) is 23.2 Å². The van der Waals surface area contributed by atoms with Crippen LogP contribution in [0.5, 0.6) is 0 Å². The Balaban J connectivity index is 1.79. The van der Waals surface area contributed by atoms with Crippen molar-refractivity contribution in [3.05, 3.63) is 87.6 Å². The van der Waals surface area contributed by atoms with Gasteiger partial charge >= 0.3 is 0 Å². The molecule has 1 atom stereocenters. The summed E-state index contributed by atoms with van der Waals surface area (Å²) in [6.45, 7) is 1.86. The minimum absolute atomic E-state index is 0.0547. The van der Waals surface area contributed by atoms with Crippen molar-refractivity contribution >= 4 is 35.2 Å². The predicted octanol–water partition coefficient (Wildman–Crippen LogP) is 6.04. The number of rotatable bonds is 5. The van der Waals surface area contributed by atoms with Crippen molar-refractivity contribution in [1.29, 1.82) is 5.26 Å². The van der Waals surface area contributed by atoms with Crippen molar-refractivity contribution < 1.29 is 9.21 Å². The average Bonchev–Trinajstić information content (AvgIpc) is 3.17. The number of amides is 1. The quantitative estimate of drug-likeness (QED) is 0.411. The summed E-state index contributed by atoms with van der Waals surface area (Å²) in [4.78, 5) is 12.5. The van der Waals surface area contributed by atoms with Crippen molar-refractivity contribution in [2.75, 3.05) is 0 Å². The Morgan fingerprint density at radius 1 is 1.14 bits per heavy atom. The van der Waals surface area contributed by atoms with Crippen molar-refractivity contribution in [2.45, 2.75) is 13.0 Å². The summed E-state index contributed by atoms with van der Waals surface area (Å²) >= 11 is 12.2. The van der Waals surface area contributed by atoms with E-state index in [-0.39, 0.29) is 11.6 Å². The molecule has 28 heavy (non-hydrogen) atoms. The molecule has 0 bridgehead atoms. The summed E-state index contributed by atoms with van der Waals surface area (Å²) in [5, 5.41) is 13.2. The molecule has 0 spiro atoms. The number of nitrogens with one attached hydrogen (secondary N) is 1. The van der Waals surface area contributed by atoms with Gasteiger partial charge in [-0.2, -0.15) is 5.26 Å². The van der Waals surface area contributed by atoms with Crippen LogP contribution in [-0.2, 0) is 4.79 Å². The van der Waals surface area contributed by atoms with Crippen LogP contribution in [0.15, 0.2) is 70.7 Å². The topological polar surface area (TPSA) is 66.0 Å². The minimum atomic E-state index is -0.474. The number of nitriles is 1. The largest absolute Gasteiger partial charge is 0.457 e.